The van der Waals surface area contributed by atoms with E-state index in [-0.39, 0.29) is 17.0 Å². The summed E-state index contributed by atoms with van der Waals surface area (Å²) in [5.74, 6) is -2.81. The van der Waals surface area contributed by atoms with E-state index in [1.807, 2.05) is 0 Å². The molecule has 1 aliphatic carbocycles. The van der Waals surface area contributed by atoms with E-state index >= 15 is 0 Å². The number of amides is 4. The Morgan fingerprint density at radius 2 is 1.87 bits per heavy atom. The summed E-state index contributed by atoms with van der Waals surface area (Å²) in [5, 5.41) is 4.99. The number of alkyl halides is 2. The van der Waals surface area contributed by atoms with Crippen molar-refractivity contribution in [2.75, 3.05) is 26.1 Å². The summed E-state index contributed by atoms with van der Waals surface area (Å²) in [7, 11) is 2.28. The van der Waals surface area contributed by atoms with E-state index in [0.717, 1.165) is 37.0 Å². The van der Waals surface area contributed by atoms with Crippen molar-refractivity contribution >= 4 is 29.5 Å². The van der Waals surface area contributed by atoms with Gasteiger partial charge in [0.05, 0.1) is 25.5 Å². The number of esters is 1. The van der Waals surface area contributed by atoms with Crippen molar-refractivity contribution in [2.24, 2.45) is 0 Å². The number of nitrogens with one attached hydrogen (secondary N) is 2. The maximum Gasteiger partial charge on any atom is 0.387 e. The van der Waals surface area contributed by atoms with Crippen LogP contribution in [0.5, 0.6) is 11.5 Å². The molecule has 0 unspecified atom stereocenters. The van der Waals surface area contributed by atoms with E-state index in [1.165, 1.54) is 7.11 Å². The maximum atomic E-state index is 12.7. The summed E-state index contributed by atoms with van der Waals surface area (Å²) in [4.78, 5) is 50.3. The minimum absolute atomic E-state index is 0.184. The molecule has 0 radical (unpaired) electrons. The standard InChI is InChI=1S/C19H21F2N3O7/c1-29-12-7-10(15(26)30-2)11(8-13(12)31-17(20)21)22-14(25)9-24-16(27)19(23-18(24)28)5-3-4-6-19/h7-8,17H,3-6,9H2,1-2H3,(H,22,25)(H,23,28). The van der Waals surface area contributed by atoms with Crippen LogP contribution in [-0.4, -0.2) is 61.6 Å². The van der Waals surface area contributed by atoms with E-state index in [9.17, 15) is 28.0 Å². The van der Waals surface area contributed by atoms with Gasteiger partial charge in [0.25, 0.3) is 5.91 Å². The van der Waals surface area contributed by atoms with Crippen LogP contribution in [0.1, 0.15) is 36.0 Å². The number of carbonyl (C=O) groups is 4. The Morgan fingerprint density at radius 1 is 1.19 bits per heavy atom. The fraction of sp³-hybridized carbons (Fsp3) is 0.474. The van der Waals surface area contributed by atoms with E-state index in [0.29, 0.717) is 12.8 Å². The molecule has 2 fully saturated rings. The van der Waals surface area contributed by atoms with E-state index in [2.05, 4.69) is 20.1 Å². The molecule has 1 spiro atoms. The van der Waals surface area contributed by atoms with Gasteiger partial charge in [0.15, 0.2) is 11.5 Å². The molecule has 1 saturated heterocycles. The van der Waals surface area contributed by atoms with Gasteiger partial charge < -0.3 is 24.8 Å². The van der Waals surface area contributed by atoms with Crippen LogP contribution in [0.15, 0.2) is 12.1 Å². The van der Waals surface area contributed by atoms with Gasteiger partial charge in [-0.2, -0.15) is 8.78 Å². The van der Waals surface area contributed by atoms with E-state index in [4.69, 9.17) is 4.74 Å². The van der Waals surface area contributed by atoms with Gasteiger partial charge in [0.1, 0.15) is 12.1 Å². The Balaban J connectivity index is 1.83. The lowest BCUT2D eigenvalue weighted by Gasteiger charge is -2.20. The number of urea groups is 1. The molecule has 1 heterocycles. The molecular formula is C19H21F2N3O7. The first-order valence-corrected chi connectivity index (χ1v) is 9.40. The number of hydrogen-bond donors (Lipinski definition) is 2. The second kappa shape index (κ2) is 8.74. The largest absolute Gasteiger partial charge is 0.493 e. The van der Waals surface area contributed by atoms with Crippen molar-refractivity contribution in [3.8, 4) is 11.5 Å². The number of anilines is 1. The van der Waals surface area contributed by atoms with Crippen molar-refractivity contribution in [3.05, 3.63) is 17.7 Å². The predicted molar refractivity (Wildman–Crippen MR) is 101 cm³/mol. The fourth-order valence-electron chi connectivity index (χ4n) is 3.76. The third-order valence-electron chi connectivity index (χ3n) is 5.20. The quantitative estimate of drug-likeness (QED) is 0.489. The van der Waals surface area contributed by atoms with Crippen LogP contribution in [0, 0.1) is 0 Å². The zero-order valence-corrected chi connectivity index (χ0v) is 16.8. The normalized spacial score (nSPS) is 17.1. The number of carbonyl (C=O) groups excluding carboxylic acids is 4. The molecule has 4 amide bonds. The van der Waals surface area contributed by atoms with Crippen molar-refractivity contribution < 1.29 is 42.2 Å². The van der Waals surface area contributed by atoms with Crippen LogP contribution >= 0.6 is 0 Å². The number of nitrogens with zero attached hydrogens (tertiary/aromatic N) is 1. The van der Waals surface area contributed by atoms with Gasteiger partial charge in [0.2, 0.25) is 5.91 Å². The number of rotatable bonds is 7. The highest BCUT2D eigenvalue weighted by Crippen LogP contribution is 2.36. The molecule has 1 aromatic rings. The SMILES string of the molecule is COC(=O)c1cc(OC)c(OC(F)F)cc1NC(=O)CN1C(=O)NC2(CCCC2)C1=O. The smallest absolute Gasteiger partial charge is 0.387 e. The van der Waals surface area contributed by atoms with Gasteiger partial charge in [-0.1, -0.05) is 12.8 Å². The van der Waals surface area contributed by atoms with Crippen LogP contribution in [0.3, 0.4) is 0 Å². The highest BCUT2D eigenvalue weighted by Gasteiger charge is 2.52. The third-order valence-corrected chi connectivity index (χ3v) is 5.20. The molecule has 0 aromatic heterocycles. The molecule has 1 saturated carbocycles. The molecule has 0 atom stereocenters. The zero-order chi connectivity index (χ0) is 22.8. The lowest BCUT2D eigenvalue weighted by Crippen LogP contribution is -2.44. The van der Waals surface area contributed by atoms with Crippen molar-refractivity contribution in [1.29, 1.82) is 0 Å². The fourth-order valence-corrected chi connectivity index (χ4v) is 3.76. The summed E-state index contributed by atoms with van der Waals surface area (Å²) in [5.41, 5.74) is -1.39. The molecule has 2 N–H and O–H groups in total. The lowest BCUT2D eigenvalue weighted by atomic mass is 9.98. The number of hydrogen-bond acceptors (Lipinski definition) is 7. The summed E-state index contributed by atoms with van der Waals surface area (Å²) in [6, 6.07) is 1.35. The molecule has 10 nitrogen and oxygen atoms in total. The Labute approximate surface area is 175 Å². The molecular weight excluding hydrogens is 420 g/mol. The van der Waals surface area contributed by atoms with Gasteiger partial charge >= 0.3 is 18.6 Å². The first kappa shape index (κ1) is 22.2. The summed E-state index contributed by atoms with van der Waals surface area (Å²) < 4.78 is 39.4. The molecule has 1 aliphatic heterocycles. The lowest BCUT2D eigenvalue weighted by molar-refractivity contribution is -0.133. The molecule has 12 heteroatoms. The first-order valence-electron chi connectivity index (χ1n) is 9.40. The molecule has 3 rings (SSSR count). The Hall–Kier alpha value is -3.44. The highest BCUT2D eigenvalue weighted by molar-refractivity contribution is 6.11. The molecule has 31 heavy (non-hydrogen) atoms. The maximum absolute atomic E-state index is 12.7. The Kier molecular flexibility index (Phi) is 6.27. The Morgan fingerprint density at radius 3 is 2.45 bits per heavy atom. The predicted octanol–water partition coefficient (Wildman–Crippen LogP) is 1.89. The average Bonchev–Trinajstić information content (AvgIpc) is 3.28. The minimum Gasteiger partial charge on any atom is -0.493 e. The van der Waals surface area contributed by atoms with Crippen LogP contribution in [-0.2, 0) is 14.3 Å². The van der Waals surface area contributed by atoms with Crippen molar-refractivity contribution in [3.63, 3.8) is 0 Å². The second-order valence-electron chi connectivity index (χ2n) is 7.08. The average molecular weight is 441 g/mol. The zero-order valence-electron chi connectivity index (χ0n) is 16.8. The second-order valence-corrected chi connectivity index (χ2v) is 7.08. The van der Waals surface area contributed by atoms with Gasteiger partial charge in [-0.25, -0.2) is 9.59 Å². The summed E-state index contributed by atoms with van der Waals surface area (Å²) in [6.07, 6.45) is 2.56. The Bertz CT molecular complexity index is 916. The monoisotopic (exact) mass is 441 g/mol. The topological polar surface area (TPSA) is 123 Å². The van der Waals surface area contributed by atoms with Gasteiger partial charge in [-0.3, -0.25) is 14.5 Å². The van der Waals surface area contributed by atoms with Crippen molar-refractivity contribution in [1.82, 2.24) is 10.2 Å². The third kappa shape index (κ3) is 4.37. The van der Waals surface area contributed by atoms with Crippen LogP contribution in [0.2, 0.25) is 0 Å². The van der Waals surface area contributed by atoms with Crippen LogP contribution < -0.4 is 20.1 Å². The van der Waals surface area contributed by atoms with E-state index < -0.39 is 48.3 Å². The highest BCUT2D eigenvalue weighted by atomic mass is 19.3. The molecule has 168 valence electrons. The first-order chi connectivity index (χ1) is 14.7. The van der Waals surface area contributed by atoms with Crippen LogP contribution in [0.4, 0.5) is 19.3 Å². The minimum atomic E-state index is -3.19. The van der Waals surface area contributed by atoms with Crippen molar-refractivity contribution in [2.45, 2.75) is 37.8 Å². The number of imide groups is 1. The van der Waals surface area contributed by atoms with Crippen LogP contribution in [0.25, 0.3) is 0 Å². The number of ether oxygens (including phenoxy) is 3. The molecule has 1 aromatic carbocycles. The van der Waals surface area contributed by atoms with Gasteiger partial charge in [-0.15, -0.1) is 0 Å². The number of halogens is 2. The van der Waals surface area contributed by atoms with Gasteiger partial charge in [-0.05, 0) is 12.8 Å². The molecule has 0 bridgehead atoms. The van der Waals surface area contributed by atoms with Gasteiger partial charge in [0, 0.05) is 12.1 Å². The number of benzene rings is 1. The number of methoxy groups -OCH3 is 2. The molecule has 2 aliphatic rings. The summed E-state index contributed by atoms with van der Waals surface area (Å²) >= 11 is 0. The summed E-state index contributed by atoms with van der Waals surface area (Å²) in [6.45, 7) is -3.81. The van der Waals surface area contributed by atoms with E-state index in [1.54, 1.807) is 0 Å².